The Bertz CT molecular complexity index is 838. The van der Waals surface area contributed by atoms with Crippen molar-refractivity contribution in [3.63, 3.8) is 0 Å². The summed E-state index contributed by atoms with van der Waals surface area (Å²) in [6.07, 6.45) is 5.40. The second-order valence-corrected chi connectivity index (χ2v) is 11.8. The maximum Gasteiger partial charge on any atom is 0.312 e. The van der Waals surface area contributed by atoms with Crippen LogP contribution < -0.4 is 10.2 Å². The molecule has 3 unspecified atom stereocenters. The number of alkyl halides is 1. The molecule has 31 heavy (non-hydrogen) atoms. The molecule has 7 heteroatoms. The van der Waals surface area contributed by atoms with Crippen molar-refractivity contribution >= 4 is 39.2 Å². The van der Waals surface area contributed by atoms with Gasteiger partial charge in [0.15, 0.2) is 6.10 Å². The average molecular weight is 491 g/mol. The number of nitrogens with zero attached hydrogens (tertiary/aromatic N) is 1. The van der Waals surface area contributed by atoms with Gasteiger partial charge >= 0.3 is 5.97 Å². The Kier molecular flexibility index (Phi) is 5.53. The molecule has 0 aromatic heterocycles. The van der Waals surface area contributed by atoms with Gasteiger partial charge in [-0.15, -0.1) is 0 Å². The lowest BCUT2D eigenvalue weighted by molar-refractivity contribution is -0.175. The number of anilines is 2. The van der Waals surface area contributed by atoms with Crippen molar-refractivity contribution in [2.24, 2.45) is 17.3 Å². The normalized spacial score (nSPS) is 35.0. The Balaban J connectivity index is 1.18. The highest BCUT2D eigenvalue weighted by Crippen LogP contribution is 2.64. The molecule has 1 heterocycles. The summed E-state index contributed by atoms with van der Waals surface area (Å²) < 4.78 is 11.2. The van der Waals surface area contributed by atoms with Crippen LogP contribution in [-0.2, 0) is 19.1 Å². The van der Waals surface area contributed by atoms with E-state index in [1.165, 1.54) is 6.42 Å². The van der Waals surface area contributed by atoms with E-state index in [-0.39, 0.29) is 16.2 Å². The zero-order valence-electron chi connectivity index (χ0n) is 18.1. The number of amides is 1. The molecule has 5 fully saturated rings. The van der Waals surface area contributed by atoms with Crippen molar-refractivity contribution in [1.82, 2.24) is 0 Å². The van der Waals surface area contributed by atoms with E-state index in [1.54, 1.807) is 6.92 Å². The summed E-state index contributed by atoms with van der Waals surface area (Å²) in [7, 11) is 0. The maximum atomic E-state index is 13.2. The van der Waals surface area contributed by atoms with Crippen molar-refractivity contribution in [3.8, 4) is 0 Å². The minimum absolute atomic E-state index is 0.0871. The molecule has 4 aliphatic carbocycles. The van der Waals surface area contributed by atoms with Crippen molar-refractivity contribution in [3.05, 3.63) is 24.3 Å². The molecule has 0 radical (unpaired) electrons. The van der Waals surface area contributed by atoms with Gasteiger partial charge in [-0.25, -0.2) is 0 Å². The maximum absolute atomic E-state index is 13.2. The first-order chi connectivity index (χ1) is 14.8. The summed E-state index contributed by atoms with van der Waals surface area (Å²) in [4.78, 5) is 28.2. The molecule has 1 aromatic rings. The first kappa shape index (κ1) is 21.3. The molecular formula is C24H31BrN2O4. The zero-order valence-corrected chi connectivity index (χ0v) is 19.7. The number of carbonyl (C=O) groups excluding carboxylic acids is 2. The number of halogens is 1. The number of carbonyl (C=O) groups is 2. The van der Waals surface area contributed by atoms with E-state index in [2.05, 4.69) is 26.1 Å². The van der Waals surface area contributed by atoms with Crippen molar-refractivity contribution in [2.75, 3.05) is 36.5 Å². The third-order valence-corrected chi connectivity index (χ3v) is 8.51. The lowest BCUT2D eigenvalue weighted by Crippen LogP contribution is -2.56. The van der Waals surface area contributed by atoms with Crippen LogP contribution in [0.3, 0.4) is 0 Å². The molecule has 1 aliphatic heterocycles. The fourth-order valence-electron chi connectivity index (χ4n) is 6.55. The van der Waals surface area contributed by atoms with Gasteiger partial charge in [0.1, 0.15) is 0 Å². The molecule has 6 nitrogen and oxygen atoms in total. The van der Waals surface area contributed by atoms with Gasteiger partial charge in [0.25, 0.3) is 5.91 Å². The number of esters is 1. The molecular weight excluding hydrogens is 460 g/mol. The first-order valence-electron chi connectivity index (χ1n) is 11.5. The van der Waals surface area contributed by atoms with Crippen molar-refractivity contribution in [2.45, 2.75) is 55.9 Å². The molecule has 3 atom stereocenters. The molecule has 1 saturated heterocycles. The van der Waals surface area contributed by atoms with Gasteiger partial charge in [-0.1, -0.05) is 15.9 Å². The molecule has 168 valence electrons. The number of hydrogen-bond donors (Lipinski definition) is 1. The molecule has 5 aliphatic rings. The molecule has 4 saturated carbocycles. The summed E-state index contributed by atoms with van der Waals surface area (Å²) in [6.45, 7) is 4.89. The van der Waals surface area contributed by atoms with Crippen LogP contribution in [0.1, 0.15) is 45.4 Å². The fourth-order valence-corrected chi connectivity index (χ4v) is 8.00. The van der Waals surface area contributed by atoms with Gasteiger partial charge in [-0.3, -0.25) is 9.59 Å². The second kappa shape index (κ2) is 8.07. The smallest absolute Gasteiger partial charge is 0.312 e. The summed E-state index contributed by atoms with van der Waals surface area (Å²) in [5, 5.41) is 2.89. The van der Waals surface area contributed by atoms with E-state index >= 15 is 0 Å². The standard InChI is InChI=1S/C24H31BrN2O4/c1-16(21(28)26-19-2-4-20(5-3-19)27-6-8-30-9-7-27)31-22(29)23-11-17-10-18(12-23)14-24(25,13-17)15-23/h2-5,16-18H,6-15H2,1H3,(H,26,28). The quantitative estimate of drug-likeness (QED) is 0.496. The van der Waals surface area contributed by atoms with Crippen molar-refractivity contribution in [1.29, 1.82) is 0 Å². The van der Waals surface area contributed by atoms with E-state index in [4.69, 9.17) is 9.47 Å². The Morgan fingerprint density at radius 3 is 2.39 bits per heavy atom. The SMILES string of the molecule is CC(OC(=O)C12CC3CC(CC(Br)(C3)C1)C2)C(=O)Nc1ccc(N2CCOCC2)cc1. The van der Waals surface area contributed by atoms with Crippen LogP contribution in [0.4, 0.5) is 11.4 Å². The predicted octanol–water partition coefficient (Wildman–Crippen LogP) is 4.13. The number of morpholine rings is 1. The molecule has 6 rings (SSSR count). The number of ether oxygens (including phenoxy) is 2. The van der Waals surface area contributed by atoms with Crippen LogP contribution >= 0.6 is 15.9 Å². The van der Waals surface area contributed by atoms with Gasteiger partial charge < -0.3 is 19.7 Å². The van der Waals surface area contributed by atoms with Crippen LogP contribution in [0, 0.1) is 17.3 Å². The number of nitrogens with one attached hydrogen (secondary N) is 1. The second-order valence-electron chi connectivity index (χ2n) is 10.1. The van der Waals surface area contributed by atoms with Crippen LogP contribution in [0.2, 0.25) is 0 Å². The summed E-state index contributed by atoms with van der Waals surface area (Å²) >= 11 is 3.94. The highest BCUT2D eigenvalue weighted by molar-refractivity contribution is 9.10. The van der Waals surface area contributed by atoms with E-state index in [9.17, 15) is 9.59 Å². The molecule has 1 amide bonds. The van der Waals surface area contributed by atoms with Gasteiger partial charge in [0.05, 0.1) is 18.6 Å². The third-order valence-electron chi connectivity index (χ3n) is 7.59. The summed E-state index contributed by atoms with van der Waals surface area (Å²) in [6, 6.07) is 7.79. The Morgan fingerprint density at radius 2 is 1.77 bits per heavy atom. The third kappa shape index (κ3) is 4.23. The van der Waals surface area contributed by atoms with Gasteiger partial charge in [0.2, 0.25) is 0 Å². The van der Waals surface area contributed by atoms with Crippen LogP contribution in [0.5, 0.6) is 0 Å². The summed E-state index contributed by atoms with van der Waals surface area (Å²) in [5.74, 6) is 0.728. The van der Waals surface area contributed by atoms with Crippen molar-refractivity contribution < 1.29 is 19.1 Å². The average Bonchev–Trinajstić information content (AvgIpc) is 2.73. The van der Waals surface area contributed by atoms with Gasteiger partial charge in [-0.2, -0.15) is 0 Å². The minimum Gasteiger partial charge on any atom is -0.452 e. The molecule has 1 N–H and O–H groups in total. The van der Waals surface area contributed by atoms with E-state index in [0.717, 1.165) is 64.1 Å². The van der Waals surface area contributed by atoms with Crippen LogP contribution in [0.25, 0.3) is 0 Å². The van der Waals surface area contributed by atoms with E-state index in [1.807, 2.05) is 24.3 Å². The topological polar surface area (TPSA) is 67.9 Å². The predicted molar refractivity (Wildman–Crippen MR) is 122 cm³/mol. The largest absolute Gasteiger partial charge is 0.452 e. The van der Waals surface area contributed by atoms with E-state index < -0.39 is 11.5 Å². The van der Waals surface area contributed by atoms with Crippen LogP contribution in [0.15, 0.2) is 24.3 Å². The first-order valence-corrected chi connectivity index (χ1v) is 12.3. The lowest BCUT2D eigenvalue weighted by Gasteiger charge is -2.58. The van der Waals surface area contributed by atoms with E-state index in [0.29, 0.717) is 17.5 Å². The fraction of sp³-hybridized carbons (Fsp3) is 0.667. The highest BCUT2D eigenvalue weighted by atomic mass is 79.9. The van der Waals surface area contributed by atoms with Crippen LogP contribution in [-0.4, -0.2) is 48.6 Å². The zero-order chi connectivity index (χ0) is 21.6. The highest BCUT2D eigenvalue weighted by Gasteiger charge is 2.60. The monoisotopic (exact) mass is 490 g/mol. The van der Waals surface area contributed by atoms with Gasteiger partial charge in [-0.05, 0) is 81.5 Å². The lowest BCUT2D eigenvalue weighted by atomic mass is 9.49. The Labute approximate surface area is 192 Å². The number of rotatable bonds is 5. The molecule has 4 bridgehead atoms. The Hall–Kier alpha value is -1.60. The summed E-state index contributed by atoms with van der Waals surface area (Å²) in [5.41, 5.74) is 1.41. The number of hydrogen-bond acceptors (Lipinski definition) is 5. The molecule has 1 aromatic carbocycles. The minimum atomic E-state index is -0.814. The molecule has 0 spiro atoms. The Morgan fingerprint density at radius 1 is 1.13 bits per heavy atom. The number of benzene rings is 1. The van der Waals surface area contributed by atoms with Gasteiger partial charge in [0, 0.05) is 28.8 Å².